The number of hydrogen-bond acceptors (Lipinski definition) is 3. The Balaban J connectivity index is 1.84. The van der Waals surface area contributed by atoms with E-state index in [1.807, 2.05) is 6.92 Å². The van der Waals surface area contributed by atoms with Crippen LogP contribution in [0.5, 0.6) is 0 Å². The first-order chi connectivity index (χ1) is 7.83. The minimum Gasteiger partial charge on any atom is -0.382 e. The van der Waals surface area contributed by atoms with E-state index < -0.39 is 0 Å². The van der Waals surface area contributed by atoms with Gasteiger partial charge in [-0.1, -0.05) is 0 Å². The van der Waals surface area contributed by atoms with Crippen molar-refractivity contribution in [3.05, 3.63) is 0 Å². The molecular weight excluding hydrogens is 200 g/mol. The Morgan fingerprint density at radius 3 is 2.69 bits per heavy atom. The molecule has 1 rings (SSSR count). The van der Waals surface area contributed by atoms with Crippen molar-refractivity contribution in [3.63, 3.8) is 0 Å². The SMILES string of the molecule is CCOCCCNCCC1CCN(C)CC1. The van der Waals surface area contributed by atoms with E-state index in [1.54, 1.807) is 0 Å². The second-order valence-corrected chi connectivity index (χ2v) is 4.84. The average molecular weight is 228 g/mol. The van der Waals surface area contributed by atoms with Crippen molar-refractivity contribution in [1.82, 2.24) is 10.2 Å². The van der Waals surface area contributed by atoms with E-state index in [4.69, 9.17) is 4.74 Å². The summed E-state index contributed by atoms with van der Waals surface area (Å²) in [5.74, 6) is 0.954. The van der Waals surface area contributed by atoms with Crippen LogP contribution in [0.1, 0.15) is 32.6 Å². The molecule has 1 heterocycles. The highest BCUT2D eigenvalue weighted by Gasteiger charge is 2.15. The van der Waals surface area contributed by atoms with Gasteiger partial charge in [-0.25, -0.2) is 0 Å². The average Bonchev–Trinajstić information content (AvgIpc) is 2.30. The second-order valence-electron chi connectivity index (χ2n) is 4.84. The van der Waals surface area contributed by atoms with Gasteiger partial charge in [0, 0.05) is 13.2 Å². The summed E-state index contributed by atoms with van der Waals surface area (Å²) >= 11 is 0. The Labute approximate surface area is 101 Å². The Hall–Kier alpha value is -0.120. The topological polar surface area (TPSA) is 24.5 Å². The summed E-state index contributed by atoms with van der Waals surface area (Å²) in [6, 6.07) is 0. The predicted molar refractivity (Wildman–Crippen MR) is 68.8 cm³/mol. The number of hydrogen-bond donors (Lipinski definition) is 1. The molecular formula is C13H28N2O. The van der Waals surface area contributed by atoms with Crippen molar-refractivity contribution < 1.29 is 4.74 Å². The molecule has 0 radical (unpaired) electrons. The minimum absolute atomic E-state index is 0.843. The minimum atomic E-state index is 0.843. The van der Waals surface area contributed by atoms with E-state index in [2.05, 4.69) is 17.3 Å². The zero-order valence-electron chi connectivity index (χ0n) is 11.0. The Morgan fingerprint density at radius 1 is 1.25 bits per heavy atom. The van der Waals surface area contributed by atoms with Crippen LogP contribution in [-0.4, -0.2) is 51.3 Å². The summed E-state index contributed by atoms with van der Waals surface area (Å²) in [5, 5.41) is 3.51. The van der Waals surface area contributed by atoms with Gasteiger partial charge in [-0.2, -0.15) is 0 Å². The molecule has 0 aliphatic carbocycles. The third kappa shape index (κ3) is 6.46. The summed E-state index contributed by atoms with van der Waals surface area (Å²) in [7, 11) is 2.22. The molecule has 0 unspecified atom stereocenters. The van der Waals surface area contributed by atoms with Gasteiger partial charge >= 0.3 is 0 Å². The quantitative estimate of drug-likeness (QED) is 0.640. The summed E-state index contributed by atoms with van der Waals surface area (Å²) in [6.07, 6.45) is 5.26. The van der Waals surface area contributed by atoms with Crippen LogP contribution in [0.4, 0.5) is 0 Å². The molecule has 1 aliphatic rings. The number of likely N-dealkylation sites (tertiary alicyclic amines) is 1. The summed E-state index contributed by atoms with van der Waals surface area (Å²) in [4.78, 5) is 2.44. The van der Waals surface area contributed by atoms with Gasteiger partial charge in [-0.05, 0) is 71.8 Å². The summed E-state index contributed by atoms with van der Waals surface area (Å²) in [6.45, 7) is 8.65. The fourth-order valence-corrected chi connectivity index (χ4v) is 2.23. The summed E-state index contributed by atoms with van der Waals surface area (Å²) < 4.78 is 5.30. The van der Waals surface area contributed by atoms with Gasteiger partial charge in [0.2, 0.25) is 0 Å². The molecule has 1 fully saturated rings. The molecule has 0 bridgehead atoms. The van der Waals surface area contributed by atoms with E-state index >= 15 is 0 Å². The molecule has 0 aromatic rings. The van der Waals surface area contributed by atoms with Crippen molar-refractivity contribution in [2.75, 3.05) is 46.4 Å². The standard InChI is InChI=1S/C13H28N2O/c1-3-16-12-4-8-14-9-5-13-6-10-15(2)11-7-13/h13-14H,3-12H2,1-2H3. The van der Waals surface area contributed by atoms with Crippen LogP contribution in [0, 0.1) is 5.92 Å². The van der Waals surface area contributed by atoms with Gasteiger partial charge in [-0.15, -0.1) is 0 Å². The van der Waals surface area contributed by atoms with Crippen molar-refractivity contribution in [1.29, 1.82) is 0 Å². The monoisotopic (exact) mass is 228 g/mol. The van der Waals surface area contributed by atoms with Crippen LogP contribution in [0.3, 0.4) is 0 Å². The maximum Gasteiger partial charge on any atom is 0.0477 e. The van der Waals surface area contributed by atoms with E-state index in [1.165, 1.54) is 38.9 Å². The zero-order valence-corrected chi connectivity index (χ0v) is 11.0. The van der Waals surface area contributed by atoms with Gasteiger partial charge in [0.15, 0.2) is 0 Å². The molecule has 96 valence electrons. The molecule has 0 aromatic heterocycles. The fraction of sp³-hybridized carbons (Fsp3) is 1.00. The van der Waals surface area contributed by atoms with Crippen LogP contribution in [0.15, 0.2) is 0 Å². The lowest BCUT2D eigenvalue weighted by atomic mass is 9.94. The maximum atomic E-state index is 5.30. The number of rotatable bonds is 8. The largest absolute Gasteiger partial charge is 0.382 e. The highest BCUT2D eigenvalue weighted by molar-refractivity contribution is 4.70. The van der Waals surface area contributed by atoms with E-state index in [0.29, 0.717) is 0 Å². The number of nitrogens with zero attached hydrogens (tertiary/aromatic N) is 1. The van der Waals surface area contributed by atoms with E-state index in [0.717, 1.165) is 32.1 Å². The van der Waals surface area contributed by atoms with Crippen LogP contribution in [0.25, 0.3) is 0 Å². The smallest absolute Gasteiger partial charge is 0.0477 e. The first kappa shape index (κ1) is 13.9. The van der Waals surface area contributed by atoms with E-state index in [9.17, 15) is 0 Å². The molecule has 16 heavy (non-hydrogen) atoms. The maximum absolute atomic E-state index is 5.30. The number of ether oxygens (including phenoxy) is 1. The van der Waals surface area contributed by atoms with Gasteiger partial charge in [0.05, 0.1) is 0 Å². The van der Waals surface area contributed by atoms with Crippen molar-refractivity contribution >= 4 is 0 Å². The second kappa shape index (κ2) is 8.97. The fourth-order valence-electron chi connectivity index (χ4n) is 2.23. The molecule has 0 aromatic carbocycles. The van der Waals surface area contributed by atoms with Crippen LogP contribution < -0.4 is 5.32 Å². The molecule has 3 heteroatoms. The van der Waals surface area contributed by atoms with Crippen molar-refractivity contribution in [2.45, 2.75) is 32.6 Å². The third-order valence-electron chi connectivity index (χ3n) is 3.41. The highest BCUT2D eigenvalue weighted by atomic mass is 16.5. The highest BCUT2D eigenvalue weighted by Crippen LogP contribution is 2.18. The van der Waals surface area contributed by atoms with Gasteiger partial charge in [0.1, 0.15) is 0 Å². The number of piperidine rings is 1. The van der Waals surface area contributed by atoms with Crippen LogP contribution in [-0.2, 0) is 4.74 Å². The Bertz CT molecular complexity index is 156. The Kier molecular flexibility index (Phi) is 7.81. The molecule has 1 aliphatic heterocycles. The van der Waals surface area contributed by atoms with Crippen molar-refractivity contribution in [3.8, 4) is 0 Å². The van der Waals surface area contributed by atoms with Gasteiger partial charge in [-0.3, -0.25) is 0 Å². The van der Waals surface area contributed by atoms with Crippen LogP contribution in [0.2, 0.25) is 0 Å². The lowest BCUT2D eigenvalue weighted by Crippen LogP contribution is -2.31. The van der Waals surface area contributed by atoms with Gasteiger partial charge < -0.3 is 15.0 Å². The first-order valence-electron chi connectivity index (χ1n) is 6.80. The molecule has 0 saturated carbocycles. The molecule has 3 nitrogen and oxygen atoms in total. The third-order valence-corrected chi connectivity index (χ3v) is 3.41. The Morgan fingerprint density at radius 2 is 2.00 bits per heavy atom. The molecule has 0 amide bonds. The molecule has 0 atom stereocenters. The molecule has 0 spiro atoms. The molecule has 1 saturated heterocycles. The van der Waals surface area contributed by atoms with Crippen molar-refractivity contribution in [2.24, 2.45) is 5.92 Å². The lowest BCUT2D eigenvalue weighted by Gasteiger charge is -2.28. The lowest BCUT2D eigenvalue weighted by molar-refractivity contribution is 0.144. The van der Waals surface area contributed by atoms with Gasteiger partial charge in [0.25, 0.3) is 0 Å². The molecule has 1 N–H and O–H groups in total. The normalized spacial score (nSPS) is 19.1. The zero-order chi connectivity index (χ0) is 11.6. The summed E-state index contributed by atoms with van der Waals surface area (Å²) in [5.41, 5.74) is 0. The van der Waals surface area contributed by atoms with Crippen LogP contribution >= 0.6 is 0 Å². The first-order valence-corrected chi connectivity index (χ1v) is 6.80. The van der Waals surface area contributed by atoms with E-state index in [-0.39, 0.29) is 0 Å². The predicted octanol–water partition coefficient (Wildman–Crippen LogP) is 1.73. The number of nitrogens with one attached hydrogen (secondary N) is 1.